The first kappa shape index (κ1) is 30.0. The highest BCUT2D eigenvalue weighted by molar-refractivity contribution is 6.12. The zero-order valence-electron chi connectivity index (χ0n) is 28.5. The fourth-order valence-corrected chi connectivity index (χ4v) is 7.94. The molecule has 52 heavy (non-hydrogen) atoms. The van der Waals surface area contributed by atoms with Gasteiger partial charge in [-0.25, -0.2) is 0 Å². The predicted octanol–water partition coefficient (Wildman–Crippen LogP) is 13.9. The molecule has 1 aromatic heterocycles. The van der Waals surface area contributed by atoms with Crippen LogP contribution < -0.4 is 4.90 Å². The lowest BCUT2D eigenvalue weighted by Crippen LogP contribution is -2.09. The van der Waals surface area contributed by atoms with Gasteiger partial charge in [0.1, 0.15) is 0 Å². The van der Waals surface area contributed by atoms with E-state index in [-0.39, 0.29) is 0 Å². The molecule has 0 saturated heterocycles. The molecule has 10 aromatic rings. The highest BCUT2D eigenvalue weighted by atomic mass is 15.1. The molecule has 0 aliphatic rings. The van der Waals surface area contributed by atoms with Gasteiger partial charge in [0.2, 0.25) is 0 Å². The first-order valence-electron chi connectivity index (χ1n) is 17.9. The van der Waals surface area contributed by atoms with Crippen molar-refractivity contribution in [2.24, 2.45) is 0 Å². The second-order valence-electron chi connectivity index (χ2n) is 13.4. The summed E-state index contributed by atoms with van der Waals surface area (Å²) in [4.78, 5) is 2.35. The monoisotopic (exact) mass is 662 g/mol. The van der Waals surface area contributed by atoms with Gasteiger partial charge in [-0.1, -0.05) is 140 Å². The summed E-state index contributed by atoms with van der Waals surface area (Å²) in [6, 6.07) is 74.6. The molecule has 0 saturated carbocycles. The fourth-order valence-electron chi connectivity index (χ4n) is 7.94. The van der Waals surface area contributed by atoms with Gasteiger partial charge in [0.15, 0.2) is 0 Å². The molecule has 0 fully saturated rings. The molecule has 244 valence electrons. The fraction of sp³-hybridized carbons (Fsp3) is 0. The summed E-state index contributed by atoms with van der Waals surface area (Å²) in [6.45, 7) is 0. The second-order valence-corrected chi connectivity index (χ2v) is 13.4. The summed E-state index contributed by atoms with van der Waals surface area (Å²) in [6.07, 6.45) is 0. The van der Waals surface area contributed by atoms with Crippen LogP contribution in [0.2, 0.25) is 0 Å². The molecule has 2 heteroatoms. The highest BCUT2D eigenvalue weighted by Crippen LogP contribution is 2.40. The Labute approximate surface area is 303 Å². The van der Waals surface area contributed by atoms with Crippen molar-refractivity contribution in [2.45, 2.75) is 0 Å². The largest absolute Gasteiger partial charge is 0.310 e. The normalized spacial score (nSPS) is 11.5. The zero-order valence-corrected chi connectivity index (χ0v) is 28.5. The van der Waals surface area contributed by atoms with E-state index >= 15 is 0 Å². The molecule has 0 aliphatic heterocycles. The van der Waals surface area contributed by atoms with E-state index in [1.165, 1.54) is 71.3 Å². The summed E-state index contributed by atoms with van der Waals surface area (Å²) >= 11 is 0. The molecule has 0 atom stereocenters. The molecule has 9 aromatic carbocycles. The average molecular weight is 663 g/mol. The van der Waals surface area contributed by atoms with Crippen molar-refractivity contribution in [2.75, 3.05) is 4.90 Å². The summed E-state index contributed by atoms with van der Waals surface area (Å²) < 4.78 is 2.37. The molecule has 10 rings (SSSR count). The molecule has 0 bridgehead atoms. The Morgan fingerprint density at radius 2 is 0.923 bits per heavy atom. The van der Waals surface area contributed by atoms with E-state index in [4.69, 9.17) is 0 Å². The standard InChI is InChI=1S/C50H34N2/c1-3-15-39(16-4-1)51(41-29-25-36(26-30-41)44-22-12-23-45-43-20-8-7-13-35(43)27-31-46(44)45)42-19-11-14-37(33-42)38-28-32-50-48(34-38)47-21-9-10-24-49(47)52(50)40-17-5-2-6-18-40/h1-34H. The van der Waals surface area contributed by atoms with Crippen LogP contribution in [0.15, 0.2) is 206 Å². The van der Waals surface area contributed by atoms with Gasteiger partial charge in [0.25, 0.3) is 0 Å². The number of anilines is 3. The van der Waals surface area contributed by atoms with Crippen molar-refractivity contribution in [1.82, 2.24) is 4.57 Å². The van der Waals surface area contributed by atoms with Crippen molar-refractivity contribution < 1.29 is 0 Å². The SMILES string of the molecule is c1ccc(N(c2ccc(-c3cccc4c3ccc3ccccc34)cc2)c2cccc(-c3ccc4c(c3)c3ccccc3n4-c3ccccc3)c2)cc1. The minimum atomic E-state index is 1.11. The van der Waals surface area contributed by atoms with Crippen molar-refractivity contribution >= 4 is 60.4 Å². The zero-order chi connectivity index (χ0) is 34.4. The van der Waals surface area contributed by atoms with E-state index in [0.29, 0.717) is 0 Å². The number of benzene rings is 9. The Hall–Kier alpha value is -6.90. The number of aromatic nitrogens is 1. The number of nitrogens with zero attached hydrogens (tertiary/aromatic N) is 2. The Bertz CT molecular complexity index is 2890. The first-order valence-corrected chi connectivity index (χ1v) is 17.9. The van der Waals surface area contributed by atoms with Crippen molar-refractivity contribution in [1.29, 1.82) is 0 Å². The molecular formula is C50H34N2. The van der Waals surface area contributed by atoms with Crippen LogP contribution in [0.3, 0.4) is 0 Å². The van der Waals surface area contributed by atoms with Crippen LogP contribution in [-0.2, 0) is 0 Å². The van der Waals surface area contributed by atoms with Crippen LogP contribution in [-0.4, -0.2) is 4.57 Å². The highest BCUT2D eigenvalue weighted by Gasteiger charge is 2.16. The van der Waals surface area contributed by atoms with E-state index in [1.807, 2.05) is 0 Å². The van der Waals surface area contributed by atoms with E-state index < -0.39 is 0 Å². The summed E-state index contributed by atoms with van der Waals surface area (Å²) in [5, 5.41) is 7.61. The summed E-state index contributed by atoms with van der Waals surface area (Å²) in [5.74, 6) is 0. The Kier molecular flexibility index (Phi) is 7.18. The molecule has 0 aliphatic carbocycles. The van der Waals surface area contributed by atoms with Crippen LogP contribution in [0.25, 0.3) is 71.3 Å². The molecule has 0 N–H and O–H groups in total. The topological polar surface area (TPSA) is 8.17 Å². The second kappa shape index (κ2) is 12.5. The van der Waals surface area contributed by atoms with Crippen molar-refractivity contribution in [3.05, 3.63) is 206 Å². The van der Waals surface area contributed by atoms with Gasteiger partial charge in [-0.15, -0.1) is 0 Å². The van der Waals surface area contributed by atoms with Gasteiger partial charge in [-0.3, -0.25) is 0 Å². The maximum Gasteiger partial charge on any atom is 0.0541 e. The molecule has 0 amide bonds. The van der Waals surface area contributed by atoms with Gasteiger partial charge >= 0.3 is 0 Å². The van der Waals surface area contributed by atoms with Crippen LogP contribution >= 0.6 is 0 Å². The van der Waals surface area contributed by atoms with Crippen LogP contribution in [0.4, 0.5) is 17.1 Å². The maximum absolute atomic E-state index is 2.37. The minimum Gasteiger partial charge on any atom is -0.310 e. The van der Waals surface area contributed by atoms with Crippen LogP contribution in [0.5, 0.6) is 0 Å². The number of para-hydroxylation sites is 3. The molecule has 0 unspecified atom stereocenters. The third-order valence-corrected chi connectivity index (χ3v) is 10.4. The van der Waals surface area contributed by atoms with E-state index in [1.54, 1.807) is 0 Å². The lowest BCUT2D eigenvalue weighted by molar-refractivity contribution is 1.18. The quantitative estimate of drug-likeness (QED) is 0.161. The third kappa shape index (κ3) is 5.04. The number of rotatable bonds is 6. The number of hydrogen-bond donors (Lipinski definition) is 0. The van der Waals surface area contributed by atoms with Crippen molar-refractivity contribution in [3.8, 4) is 27.9 Å². The molecule has 2 nitrogen and oxygen atoms in total. The Morgan fingerprint density at radius 3 is 1.77 bits per heavy atom. The smallest absolute Gasteiger partial charge is 0.0541 e. The lowest BCUT2D eigenvalue weighted by atomic mass is 9.94. The minimum absolute atomic E-state index is 1.11. The van der Waals surface area contributed by atoms with Crippen LogP contribution in [0, 0.1) is 0 Å². The van der Waals surface area contributed by atoms with E-state index in [9.17, 15) is 0 Å². The first-order chi connectivity index (χ1) is 25.8. The lowest BCUT2D eigenvalue weighted by Gasteiger charge is -2.26. The van der Waals surface area contributed by atoms with E-state index in [2.05, 4.69) is 216 Å². The molecule has 0 radical (unpaired) electrons. The van der Waals surface area contributed by atoms with E-state index in [0.717, 1.165) is 17.1 Å². The average Bonchev–Trinajstić information content (AvgIpc) is 3.55. The van der Waals surface area contributed by atoms with Crippen LogP contribution in [0.1, 0.15) is 0 Å². The van der Waals surface area contributed by atoms with Crippen molar-refractivity contribution in [3.63, 3.8) is 0 Å². The van der Waals surface area contributed by atoms with Gasteiger partial charge in [0, 0.05) is 33.5 Å². The van der Waals surface area contributed by atoms with Gasteiger partial charge < -0.3 is 9.47 Å². The Morgan fingerprint density at radius 1 is 0.308 bits per heavy atom. The number of fused-ring (bicyclic) bond motifs is 6. The molecular weight excluding hydrogens is 629 g/mol. The summed E-state index contributed by atoms with van der Waals surface area (Å²) in [7, 11) is 0. The maximum atomic E-state index is 2.37. The Balaban J connectivity index is 1.06. The van der Waals surface area contributed by atoms with Gasteiger partial charge in [-0.05, 0) is 111 Å². The van der Waals surface area contributed by atoms with Gasteiger partial charge in [0.05, 0.1) is 11.0 Å². The predicted molar refractivity (Wildman–Crippen MR) is 221 cm³/mol. The number of hydrogen-bond acceptors (Lipinski definition) is 1. The van der Waals surface area contributed by atoms with Gasteiger partial charge in [-0.2, -0.15) is 0 Å². The summed E-state index contributed by atoms with van der Waals surface area (Å²) in [5.41, 5.74) is 11.7. The molecule has 0 spiro atoms. The molecule has 1 heterocycles. The third-order valence-electron chi connectivity index (χ3n) is 10.4.